The van der Waals surface area contributed by atoms with Crippen LogP contribution in [0.4, 0.5) is 20.2 Å². The molecule has 2 aromatic rings. The summed E-state index contributed by atoms with van der Waals surface area (Å²) in [6.45, 7) is 1.21. The van der Waals surface area contributed by atoms with Gasteiger partial charge >= 0.3 is 0 Å². The Labute approximate surface area is 177 Å². The van der Waals surface area contributed by atoms with Crippen molar-refractivity contribution in [1.29, 1.82) is 0 Å². The van der Waals surface area contributed by atoms with Gasteiger partial charge in [-0.25, -0.2) is 8.42 Å². The van der Waals surface area contributed by atoms with Crippen LogP contribution in [0.15, 0.2) is 58.3 Å². The van der Waals surface area contributed by atoms with Gasteiger partial charge < -0.3 is 15.4 Å². The Balaban J connectivity index is 1.57. The Hall–Kier alpha value is -2.21. The molecule has 0 unspecified atom stereocenters. The molecule has 1 saturated heterocycles. The number of anilines is 2. The topological polar surface area (TPSA) is 87.7 Å². The van der Waals surface area contributed by atoms with Crippen molar-refractivity contribution < 1.29 is 26.7 Å². The van der Waals surface area contributed by atoms with Crippen molar-refractivity contribution in [2.24, 2.45) is 0 Å². The summed E-state index contributed by atoms with van der Waals surface area (Å²) in [7, 11) is -3.66. The molecule has 2 N–H and O–H groups in total. The number of thioether (sulfide) groups is 1. The molecular weight excluding hydrogens is 436 g/mol. The average molecular weight is 458 g/mol. The molecule has 1 amide bonds. The van der Waals surface area contributed by atoms with Crippen LogP contribution in [0.3, 0.4) is 0 Å². The number of benzene rings is 2. The predicted octanol–water partition coefficient (Wildman–Crippen LogP) is 3.07. The van der Waals surface area contributed by atoms with Crippen LogP contribution in [0.1, 0.15) is 0 Å². The summed E-state index contributed by atoms with van der Waals surface area (Å²) in [6.07, 6.45) is 0. The largest absolute Gasteiger partial charge is 0.379 e. The average Bonchev–Trinajstić information content (AvgIpc) is 2.74. The maximum absolute atomic E-state index is 12.7. The second-order valence-corrected chi connectivity index (χ2v) is 9.35. The number of carbonyl (C=O) groups is 1. The standard InChI is InChI=1S/C19H21F2N3O4S2/c20-19(21)29-16-6-4-14(5-7-16)22-13-18(25)23-15-2-1-3-17(12-15)30(26,27)24-8-10-28-11-9-24/h1-7,12,19,22H,8-11,13H2,(H,23,25). The highest BCUT2D eigenvalue weighted by molar-refractivity contribution is 7.99. The highest BCUT2D eigenvalue weighted by atomic mass is 32.2. The molecule has 0 aliphatic carbocycles. The zero-order valence-corrected chi connectivity index (χ0v) is 17.5. The number of hydrogen-bond donors (Lipinski definition) is 2. The van der Waals surface area contributed by atoms with Gasteiger partial charge in [0, 0.05) is 29.4 Å². The predicted molar refractivity (Wildman–Crippen MR) is 111 cm³/mol. The van der Waals surface area contributed by atoms with Gasteiger partial charge in [-0.1, -0.05) is 17.8 Å². The van der Waals surface area contributed by atoms with Crippen molar-refractivity contribution in [2.45, 2.75) is 15.5 Å². The van der Waals surface area contributed by atoms with E-state index in [1.165, 1.54) is 28.6 Å². The maximum atomic E-state index is 12.7. The number of amides is 1. The zero-order valence-electron chi connectivity index (χ0n) is 15.9. The number of ether oxygens (including phenoxy) is 1. The maximum Gasteiger partial charge on any atom is 0.288 e. The third-order valence-electron chi connectivity index (χ3n) is 4.26. The van der Waals surface area contributed by atoms with Crippen LogP contribution in [0.2, 0.25) is 0 Å². The van der Waals surface area contributed by atoms with Crippen LogP contribution in [0.25, 0.3) is 0 Å². The molecule has 7 nitrogen and oxygen atoms in total. The second kappa shape index (κ2) is 10.2. The molecule has 0 atom stereocenters. The van der Waals surface area contributed by atoms with E-state index in [0.717, 1.165) is 0 Å². The van der Waals surface area contributed by atoms with Crippen LogP contribution >= 0.6 is 11.8 Å². The number of rotatable bonds is 8. The summed E-state index contributed by atoms with van der Waals surface area (Å²) in [5.41, 5.74) is 0.965. The molecule has 30 heavy (non-hydrogen) atoms. The van der Waals surface area contributed by atoms with E-state index in [1.54, 1.807) is 24.3 Å². The minimum atomic E-state index is -3.66. The number of nitrogens with zero attached hydrogens (tertiary/aromatic N) is 1. The highest BCUT2D eigenvalue weighted by Crippen LogP contribution is 2.26. The van der Waals surface area contributed by atoms with Crippen molar-refractivity contribution in [3.8, 4) is 0 Å². The molecular formula is C19H21F2N3O4S2. The molecule has 0 aromatic heterocycles. The molecule has 1 fully saturated rings. The van der Waals surface area contributed by atoms with Gasteiger partial charge in [-0.3, -0.25) is 4.79 Å². The van der Waals surface area contributed by atoms with Crippen molar-refractivity contribution in [1.82, 2.24) is 4.31 Å². The monoisotopic (exact) mass is 457 g/mol. The Bertz CT molecular complexity index is 966. The molecule has 0 saturated carbocycles. The number of morpholine rings is 1. The third-order valence-corrected chi connectivity index (χ3v) is 6.88. The smallest absolute Gasteiger partial charge is 0.288 e. The molecule has 3 rings (SSSR count). The van der Waals surface area contributed by atoms with Crippen LogP contribution in [0, 0.1) is 0 Å². The number of sulfonamides is 1. The summed E-state index contributed by atoms with van der Waals surface area (Å²) >= 11 is 0.447. The molecule has 2 aromatic carbocycles. The van der Waals surface area contributed by atoms with Crippen LogP contribution in [-0.2, 0) is 19.6 Å². The highest BCUT2D eigenvalue weighted by Gasteiger charge is 2.26. The molecule has 0 bridgehead atoms. The Morgan fingerprint density at radius 1 is 1.10 bits per heavy atom. The van der Waals surface area contributed by atoms with Gasteiger partial charge in [-0.05, 0) is 42.5 Å². The third kappa shape index (κ3) is 6.14. The lowest BCUT2D eigenvalue weighted by Gasteiger charge is -2.26. The summed E-state index contributed by atoms with van der Waals surface area (Å²) in [6, 6.07) is 12.4. The molecule has 0 radical (unpaired) electrons. The molecule has 1 aliphatic rings. The van der Waals surface area contributed by atoms with Gasteiger partial charge in [0.15, 0.2) is 0 Å². The number of carbonyl (C=O) groups excluding carboxylic acids is 1. The summed E-state index contributed by atoms with van der Waals surface area (Å²) < 4.78 is 56.7. The number of alkyl halides is 2. The first kappa shape index (κ1) is 22.5. The fourth-order valence-corrected chi connectivity index (χ4v) is 4.77. The Morgan fingerprint density at radius 2 is 1.80 bits per heavy atom. The van der Waals surface area contributed by atoms with Gasteiger partial charge in [0.25, 0.3) is 5.76 Å². The van der Waals surface area contributed by atoms with E-state index in [0.29, 0.717) is 41.2 Å². The first-order chi connectivity index (χ1) is 14.3. The quantitative estimate of drug-likeness (QED) is 0.593. The van der Waals surface area contributed by atoms with Crippen molar-refractivity contribution in [2.75, 3.05) is 43.5 Å². The lowest BCUT2D eigenvalue weighted by atomic mass is 10.3. The summed E-state index contributed by atoms with van der Waals surface area (Å²) in [4.78, 5) is 12.7. The van der Waals surface area contributed by atoms with Gasteiger partial charge in [0.05, 0.1) is 24.7 Å². The minimum absolute atomic E-state index is 0.0677. The first-order valence-electron chi connectivity index (χ1n) is 9.11. The van der Waals surface area contributed by atoms with Crippen molar-refractivity contribution in [3.63, 3.8) is 0 Å². The SMILES string of the molecule is O=C(CNc1ccc(SC(F)F)cc1)Nc1cccc(S(=O)(=O)N2CCOCC2)c1. The Kier molecular flexibility index (Phi) is 7.64. The second-order valence-electron chi connectivity index (χ2n) is 6.35. The fourth-order valence-electron chi connectivity index (χ4n) is 2.81. The summed E-state index contributed by atoms with van der Waals surface area (Å²) in [5, 5.41) is 5.55. The number of nitrogens with one attached hydrogen (secondary N) is 2. The van der Waals surface area contributed by atoms with E-state index in [1.807, 2.05) is 0 Å². The van der Waals surface area contributed by atoms with Gasteiger partial charge in [0.1, 0.15) is 0 Å². The molecule has 162 valence electrons. The van der Waals surface area contributed by atoms with Crippen molar-refractivity contribution >= 4 is 39.1 Å². The number of hydrogen-bond acceptors (Lipinski definition) is 6. The van der Waals surface area contributed by atoms with Crippen LogP contribution < -0.4 is 10.6 Å². The van der Waals surface area contributed by atoms with Crippen molar-refractivity contribution in [3.05, 3.63) is 48.5 Å². The van der Waals surface area contributed by atoms with E-state index in [-0.39, 0.29) is 30.4 Å². The lowest BCUT2D eigenvalue weighted by Crippen LogP contribution is -2.40. The lowest BCUT2D eigenvalue weighted by molar-refractivity contribution is -0.114. The number of halogens is 2. The normalized spacial score (nSPS) is 15.2. The Morgan fingerprint density at radius 3 is 2.47 bits per heavy atom. The van der Waals surface area contributed by atoms with E-state index in [9.17, 15) is 22.0 Å². The molecule has 1 heterocycles. The van der Waals surface area contributed by atoms with E-state index < -0.39 is 15.8 Å². The van der Waals surface area contributed by atoms with Crippen LogP contribution in [0.5, 0.6) is 0 Å². The fraction of sp³-hybridized carbons (Fsp3) is 0.316. The molecule has 0 spiro atoms. The molecule has 11 heteroatoms. The minimum Gasteiger partial charge on any atom is -0.379 e. The van der Waals surface area contributed by atoms with E-state index >= 15 is 0 Å². The summed E-state index contributed by atoms with van der Waals surface area (Å²) in [5.74, 6) is -2.86. The van der Waals surface area contributed by atoms with Gasteiger partial charge in [-0.2, -0.15) is 13.1 Å². The zero-order chi connectivity index (χ0) is 21.6. The van der Waals surface area contributed by atoms with E-state index in [2.05, 4.69) is 10.6 Å². The van der Waals surface area contributed by atoms with Gasteiger partial charge in [0.2, 0.25) is 15.9 Å². The van der Waals surface area contributed by atoms with Crippen LogP contribution in [-0.4, -0.2) is 57.2 Å². The van der Waals surface area contributed by atoms with E-state index in [4.69, 9.17) is 4.74 Å². The van der Waals surface area contributed by atoms with Gasteiger partial charge in [-0.15, -0.1) is 0 Å². The molecule has 1 aliphatic heterocycles. The first-order valence-corrected chi connectivity index (χ1v) is 11.4.